The minimum absolute atomic E-state index is 0.300. The van der Waals surface area contributed by atoms with E-state index in [2.05, 4.69) is 10.3 Å². The molecule has 0 aliphatic heterocycles. The van der Waals surface area contributed by atoms with Crippen molar-refractivity contribution in [2.75, 3.05) is 31.7 Å². The molecule has 1 N–H and O–H groups in total. The lowest BCUT2D eigenvalue weighted by Crippen LogP contribution is -2.30. The fourth-order valence-electron chi connectivity index (χ4n) is 1.15. The van der Waals surface area contributed by atoms with E-state index in [9.17, 15) is 8.42 Å². The average molecular weight is 254 g/mol. The van der Waals surface area contributed by atoms with Crippen molar-refractivity contribution in [1.29, 1.82) is 5.26 Å². The highest BCUT2D eigenvalue weighted by molar-refractivity contribution is 7.88. The van der Waals surface area contributed by atoms with Crippen molar-refractivity contribution in [2.45, 2.75) is 0 Å². The summed E-state index contributed by atoms with van der Waals surface area (Å²) in [7, 11) is -1.65. The summed E-state index contributed by atoms with van der Waals surface area (Å²) in [5, 5.41) is 11.8. The number of rotatable bonds is 5. The van der Waals surface area contributed by atoms with Gasteiger partial charge in [-0.05, 0) is 12.1 Å². The number of nitrogens with zero attached hydrogens (tertiary/aromatic N) is 3. The lowest BCUT2D eigenvalue weighted by atomic mass is 10.3. The lowest BCUT2D eigenvalue weighted by molar-refractivity contribution is 0.486. The van der Waals surface area contributed by atoms with Crippen LogP contribution in [0.5, 0.6) is 0 Å². The summed E-state index contributed by atoms with van der Waals surface area (Å²) in [5.74, 6) is 0. The zero-order chi connectivity index (χ0) is 12.9. The highest BCUT2D eigenvalue weighted by Gasteiger charge is 2.10. The number of hydrogen-bond donors (Lipinski definition) is 1. The van der Waals surface area contributed by atoms with Crippen LogP contribution in [0.25, 0.3) is 0 Å². The molecule has 0 saturated heterocycles. The molecule has 0 unspecified atom stereocenters. The molecule has 1 aromatic rings. The van der Waals surface area contributed by atoms with Crippen molar-refractivity contribution in [2.24, 2.45) is 0 Å². The fraction of sp³-hybridized carbons (Fsp3) is 0.400. The Balaban J connectivity index is 2.55. The summed E-state index contributed by atoms with van der Waals surface area (Å²) in [6.07, 6.45) is 2.68. The van der Waals surface area contributed by atoms with Crippen molar-refractivity contribution < 1.29 is 8.42 Å². The molecule has 92 valence electrons. The third kappa shape index (κ3) is 4.01. The quantitative estimate of drug-likeness (QED) is 0.814. The Morgan fingerprint density at radius 3 is 2.88 bits per heavy atom. The molecule has 0 aliphatic carbocycles. The van der Waals surface area contributed by atoms with E-state index in [4.69, 9.17) is 5.26 Å². The molecule has 1 rings (SSSR count). The molecule has 0 radical (unpaired) electrons. The van der Waals surface area contributed by atoms with E-state index in [1.54, 1.807) is 12.1 Å². The van der Waals surface area contributed by atoms with Gasteiger partial charge in [0.25, 0.3) is 0 Å². The molecule has 0 fully saturated rings. The van der Waals surface area contributed by atoms with Gasteiger partial charge >= 0.3 is 0 Å². The molecule has 7 heteroatoms. The molecule has 0 aliphatic rings. The molecule has 6 nitrogen and oxygen atoms in total. The first-order chi connectivity index (χ1) is 7.95. The first kappa shape index (κ1) is 13.4. The summed E-state index contributed by atoms with van der Waals surface area (Å²) >= 11 is 0. The molecule has 1 heterocycles. The second-order valence-electron chi connectivity index (χ2n) is 3.52. The van der Waals surface area contributed by atoms with E-state index in [0.717, 1.165) is 6.26 Å². The summed E-state index contributed by atoms with van der Waals surface area (Å²) in [6.45, 7) is 0.753. The van der Waals surface area contributed by atoms with Crippen LogP contribution in [0.4, 0.5) is 5.69 Å². The monoisotopic (exact) mass is 254 g/mol. The smallest absolute Gasteiger partial charge is 0.211 e. The van der Waals surface area contributed by atoms with Crippen molar-refractivity contribution in [3.05, 3.63) is 24.0 Å². The molecule has 0 amide bonds. The second kappa shape index (κ2) is 5.61. The number of likely N-dealkylation sites (N-methyl/N-ethyl adjacent to an activating group) is 1. The largest absolute Gasteiger partial charge is 0.381 e. The van der Waals surface area contributed by atoms with Crippen LogP contribution in [0, 0.1) is 11.3 Å². The third-order valence-corrected chi connectivity index (χ3v) is 3.54. The van der Waals surface area contributed by atoms with Gasteiger partial charge in [0.05, 0.1) is 11.9 Å². The number of nitrogens with one attached hydrogen (secondary N) is 1. The maximum Gasteiger partial charge on any atom is 0.211 e. The molecule has 0 atom stereocenters. The first-order valence-electron chi connectivity index (χ1n) is 4.95. The van der Waals surface area contributed by atoms with Crippen LogP contribution in [0.2, 0.25) is 0 Å². The van der Waals surface area contributed by atoms with Gasteiger partial charge in [-0.2, -0.15) is 5.26 Å². The van der Waals surface area contributed by atoms with Gasteiger partial charge in [0, 0.05) is 26.3 Å². The molecule has 0 spiro atoms. The summed E-state index contributed by atoms with van der Waals surface area (Å²) in [5.41, 5.74) is 0.909. The zero-order valence-corrected chi connectivity index (χ0v) is 10.5. The Kier molecular flexibility index (Phi) is 4.43. The molecular weight excluding hydrogens is 240 g/mol. The minimum atomic E-state index is -3.16. The van der Waals surface area contributed by atoms with Gasteiger partial charge < -0.3 is 5.32 Å². The molecule has 17 heavy (non-hydrogen) atoms. The van der Waals surface area contributed by atoms with E-state index in [1.807, 2.05) is 6.07 Å². The Bertz CT molecular complexity index is 521. The van der Waals surface area contributed by atoms with Crippen LogP contribution in [-0.4, -0.2) is 44.1 Å². The molecule has 0 saturated carbocycles. The number of pyridine rings is 1. The average Bonchev–Trinajstić information content (AvgIpc) is 2.28. The van der Waals surface area contributed by atoms with Gasteiger partial charge in [0.1, 0.15) is 6.07 Å². The van der Waals surface area contributed by atoms with E-state index in [-0.39, 0.29) is 0 Å². The van der Waals surface area contributed by atoms with E-state index < -0.39 is 10.0 Å². The fourth-order valence-corrected chi connectivity index (χ4v) is 1.57. The summed E-state index contributed by atoms with van der Waals surface area (Å²) < 4.78 is 23.5. The predicted octanol–water partition coefficient (Wildman–Crippen LogP) is 0.257. The standard InChI is InChI=1S/C10H14N4O2S/c1-14(17(2,15)16)7-6-13-9-4-3-5-12-10(9)8-11/h3-5,13H,6-7H2,1-2H3. The van der Waals surface area contributed by atoms with Crippen molar-refractivity contribution in [3.63, 3.8) is 0 Å². The van der Waals surface area contributed by atoms with Crippen LogP contribution in [0.1, 0.15) is 5.69 Å². The van der Waals surface area contributed by atoms with Crippen LogP contribution in [-0.2, 0) is 10.0 Å². The van der Waals surface area contributed by atoms with Gasteiger partial charge in [-0.25, -0.2) is 17.7 Å². The minimum Gasteiger partial charge on any atom is -0.381 e. The van der Waals surface area contributed by atoms with Gasteiger partial charge in [-0.1, -0.05) is 0 Å². The van der Waals surface area contributed by atoms with E-state index in [1.165, 1.54) is 17.5 Å². The number of anilines is 1. The number of hydrogen-bond acceptors (Lipinski definition) is 5. The normalized spacial score (nSPS) is 11.2. The number of nitriles is 1. The van der Waals surface area contributed by atoms with E-state index in [0.29, 0.717) is 24.5 Å². The van der Waals surface area contributed by atoms with Crippen molar-refractivity contribution >= 4 is 15.7 Å². The van der Waals surface area contributed by atoms with Crippen LogP contribution < -0.4 is 5.32 Å². The zero-order valence-electron chi connectivity index (χ0n) is 9.71. The van der Waals surface area contributed by atoms with E-state index >= 15 is 0 Å². The Hall–Kier alpha value is -1.65. The first-order valence-corrected chi connectivity index (χ1v) is 6.80. The maximum absolute atomic E-state index is 11.1. The second-order valence-corrected chi connectivity index (χ2v) is 5.61. The summed E-state index contributed by atoms with van der Waals surface area (Å²) in [6, 6.07) is 5.40. The molecular formula is C10H14N4O2S. The van der Waals surface area contributed by atoms with Gasteiger partial charge in [0.2, 0.25) is 10.0 Å². The maximum atomic E-state index is 11.1. The van der Waals surface area contributed by atoms with Gasteiger partial charge in [-0.3, -0.25) is 0 Å². The predicted molar refractivity (Wildman–Crippen MR) is 64.9 cm³/mol. The lowest BCUT2D eigenvalue weighted by Gasteiger charge is -2.14. The number of aromatic nitrogens is 1. The van der Waals surface area contributed by atoms with Crippen molar-refractivity contribution in [3.8, 4) is 6.07 Å². The highest BCUT2D eigenvalue weighted by atomic mass is 32.2. The Morgan fingerprint density at radius 1 is 1.59 bits per heavy atom. The van der Waals surface area contributed by atoms with Gasteiger partial charge in [-0.15, -0.1) is 0 Å². The Labute approximate surface area is 101 Å². The van der Waals surface area contributed by atoms with Gasteiger partial charge in [0.15, 0.2) is 5.69 Å². The SMILES string of the molecule is CN(CCNc1cccnc1C#N)S(C)(=O)=O. The third-order valence-electron chi connectivity index (χ3n) is 2.22. The molecule has 0 aromatic carbocycles. The number of sulfonamides is 1. The summed E-state index contributed by atoms with van der Waals surface area (Å²) in [4.78, 5) is 3.89. The highest BCUT2D eigenvalue weighted by Crippen LogP contribution is 2.09. The molecule has 0 bridgehead atoms. The molecule has 1 aromatic heterocycles. The van der Waals surface area contributed by atoms with Crippen LogP contribution in [0.3, 0.4) is 0 Å². The van der Waals surface area contributed by atoms with Crippen LogP contribution >= 0.6 is 0 Å². The topological polar surface area (TPSA) is 86.1 Å². The van der Waals surface area contributed by atoms with Crippen LogP contribution in [0.15, 0.2) is 18.3 Å². The van der Waals surface area contributed by atoms with Crippen molar-refractivity contribution in [1.82, 2.24) is 9.29 Å². The Morgan fingerprint density at radius 2 is 2.29 bits per heavy atom.